The largest absolute Gasteiger partial charge is 0.435 e. The fraction of sp³-hybridized carbons (Fsp3) is 0.344. The first-order valence-electron chi connectivity index (χ1n) is 14.5. The van der Waals surface area contributed by atoms with Gasteiger partial charge in [0.05, 0.1) is 11.4 Å². The van der Waals surface area contributed by atoms with Gasteiger partial charge in [-0.15, -0.1) is 5.10 Å². The number of nitrogens with one attached hydrogen (secondary N) is 2. The standard InChI is InChI=1S/C32H35N7O2/c1-3-9-25-20-39-28(19-14-21(2)31(39)33-25)29(41-32(40)34-24-10-5-4-6-11-24)23-17-15-22(16-18-23)26-12-7-8-13-27(26)30-35-37-38-36-30/h7-8,12-20,24,29H,3-6,9-11H2,1-2H3,(H,34,40)(H,35,36,37,38)/t29-/m1/s1. The van der Waals surface area contributed by atoms with E-state index in [1.54, 1.807) is 0 Å². The van der Waals surface area contributed by atoms with Crippen LogP contribution in [0.1, 0.15) is 74.1 Å². The van der Waals surface area contributed by atoms with Crippen molar-refractivity contribution in [2.45, 2.75) is 70.9 Å². The number of H-pyrrole nitrogens is 1. The highest BCUT2D eigenvalue weighted by atomic mass is 16.6. The number of hydrogen-bond acceptors (Lipinski definition) is 6. The third kappa shape index (κ3) is 5.70. The zero-order valence-electron chi connectivity index (χ0n) is 23.5. The number of tetrazole rings is 1. The molecule has 9 heteroatoms. The lowest BCUT2D eigenvalue weighted by Gasteiger charge is -2.25. The second kappa shape index (κ2) is 11.9. The Kier molecular flexibility index (Phi) is 7.75. The number of hydrogen-bond donors (Lipinski definition) is 2. The molecule has 2 N–H and O–H groups in total. The molecule has 1 saturated carbocycles. The van der Waals surface area contributed by atoms with Gasteiger partial charge in [-0.2, -0.15) is 0 Å². The number of amides is 1. The number of carbonyl (C=O) groups is 1. The molecular formula is C32H35N7O2. The van der Waals surface area contributed by atoms with Crippen molar-refractivity contribution in [3.05, 3.63) is 89.4 Å². The van der Waals surface area contributed by atoms with Crippen molar-refractivity contribution in [3.8, 4) is 22.5 Å². The third-order valence-electron chi connectivity index (χ3n) is 7.87. The van der Waals surface area contributed by atoms with Gasteiger partial charge in [0.1, 0.15) is 5.65 Å². The fourth-order valence-electron chi connectivity index (χ4n) is 5.77. The summed E-state index contributed by atoms with van der Waals surface area (Å²) >= 11 is 0. The van der Waals surface area contributed by atoms with Crippen LogP contribution in [0.4, 0.5) is 4.79 Å². The second-order valence-electron chi connectivity index (χ2n) is 10.8. The first-order chi connectivity index (χ1) is 20.1. The maximum absolute atomic E-state index is 13.3. The lowest BCUT2D eigenvalue weighted by atomic mass is 9.96. The number of pyridine rings is 1. The topological polar surface area (TPSA) is 110 Å². The molecule has 1 aliphatic carbocycles. The summed E-state index contributed by atoms with van der Waals surface area (Å²) in [5, 5.41) is 17.6. The Labute approximate surface area is 239 Å². The van der Waals surface area contributed by atoms with E-state index in [-0.39, 0.29) is 6.04 Å². The maximum Gasteiger partial charge on any atom is 0.408 e. The van der Waals surface area contributed by atoms with Crippen LogP contribution in [0.25, 0.3) is 28.2 Å². The molecular weight excluding hydrogens is 514 g/mol. The SMILES string of the molecule is CCCc1cn2c([C@H](OC(=O)NC3CCCCC3)c3ccc(-c4ccccc4-c4nnn[nH]4)cc3)ccc(C)c2n1. The molecule has 0 bridgehead atoms. The number of aromatic amines is 1. The zero-order valence-corrected chi connectivity index (χ0v) is 23.5. The maximum atomic E-state index is 13.3. The molecule has 41 heavy (non-hydrogen) atoms. The first-order valence-corrected chi connectivity index (χ1v) is 14.5. The van der Waals surface area contributed by atoms with Crippen molar-refractivity contribution >= 4 is 11.7 Å². The van der Waals surface area contributed by atoms with E-state index in [2.05, 4.69) is 68.6 Å². The van der Waals surface area contributed by atoms with Crippen molar-refractivity contribution in [2.24, 2.45) is 0 Å². The molecule has 0 saturated heterocycles. The van der Waals surface area contributed by atoms with Crippen LogP contribution in [-0.4, -0.2) is 42.1 Å². The molecule has 0 aliphatic heterocycles. The van der Waals surface area contributed by atoms with Crippen LogP contribution in [0.5, 0.6) is 0 Å². The minimum absolute atomic E-state index is 0.156. The quantitative estimate of drug-likeness (QED) is 0.226. The van der Waals surface area contributed by atoms with Crippen molar-refractivity contribution in [3.63, 3.8) is 0 Å². The van der Waals surface area contributed by atoms with Gasteiger partial charge in [-0.25, -0.2) is 14.9 Å². The Morgan fingerprint density at radius 1 is 1.05 bits per heavy atom. The smallest absolute Gasteiger partial charge is 0.408 e. The summed E-state index contributed by atoms with van der Waals surface area (Å²) in [5.41, 5.74) is 7.65. The normalized spacial score (nSPS) is 14.7. The minimum Gasteiger partial charge on any atom is -0.435 e. The van der Waals surface area contributed by atoms with Crippen LogP contribution in [0.2, 0.25) is 0 Å². The van der Waals surface area contributed by atoms with Gasteiger partial charge in [0.15, 0.2) is 11.9 Å². The van der Waals surface area contributed by atoms with E-state index in [1.165, 1.54) is 6.42 Å². The predicted octanol–water partition coefficient (Wildman–Crippen LogP) is 6.59. The van der Waals surface area contributed by atoms with Gasteiger partial charge in [0.25, 0.3) is 0 Å². The average molecular weight is 550 g/mol. The van der Waals surface area contributed by atoms with Crippen LogP contribution in [-0.2, 0) is 11.2 Å². The Balaban J connectivity index is 1.37. The number of alkyl carbamates (subject to hydrolysis) is 1. The van der Waals surface area contributed by atoms with E-state index in [1.807, 2.05) is 42.5 Å². The number of imidazole rings is 1. The molecule has 3 aromatic heterocycles. The number of ether oxygens (including phenoxy) is 1. The molecule has 5 aromatic rings. The van der Waals surface area contributed by atoms with E-state index < -0.39 is 12.2 Å². The van der Waals surface area contributed by atoms with Crippen LogP contribution in [0, 0.1) is 6.92 Å². The Hall–Kier alpha value is -4.53. The number of aryl methyl sites for hydroxylation is 2. The highest BCUT2D eigenvalue weighted by molar-refractivity contribution is 5.80. The first kappa shape index (κ1) is 26.7. The van der Waals surface area contributed by atoms with Crippen molar-refractivity contribution < 1.29 is 9.53 Å². The second-order valence-corrected chi connectivity index (χ2v) is 10.8. The molecule has 3 heterocycles. The number of nitrogens with zero attached hydrogens (tertiary/aromatic N) is 5. The van der Waals surface area contributed by atoms with Gasteiger partial charge >= 0.3 is 6.09 Å². The molecule has 0 spiro atoms. The average Bonchev–Trinajstić information content (AvgIpc) is 3.69. The lowest BCUT2D eigenvalue weighted by molar-refractivity contribution is 0.108. The molecule has 0 radical (unpaired) electrons. The Morgan fingerprint density at radius 2 is 1.83 bits per heavy atom. The highest BCUT2D eigenvalue weighted by Gasteiger charge is 2.25. The van der Waals surface area contributed by atoms with E-state index in [9.17, 15) is 4.79 Å². The van der Waals surface area contributed by atoms with Crippen molar-refractivity contribution in [1.82, 2.24) is 35.3 Å². The van der Waals surface area contributed by atoms with Gasteiger partial charge in [-0.1, -0.05) is 87.2 Å². The Bertz CT molecular complexity index is 1620. The summed E-state index contributed by atoms with van der Waals surface area (Å²) < 4.78 is 8.32. The zero-order chi connectivity index (χ0) is 28.2. The van der Waals surface area contributed by atoms with E-state index in [0.29, 0.717) is 5.82 Å². The number of rotatable bonds is 8. The van der Waals surface area contributed by atoms with E-state index in [0.717, 1.165) is 83.4 Å². The summed E-state index contributed by atoms with van der Waals surface area (Å²) in [4.78, 5) is 18.2. The lowest BCUT2D eigenvalue weighted by Crippen LogP contribution is -2.37. The Morgan fingerprint density at radius 3 is 2.56 bits per heavy atom. The molecule has 1 amide bonds. The molecule has 0 unspecified atom stereocenters. The van der Waals surface area contributed by atoms with Crippen molar-refractivity contribution in [1.29, 1.82) is 0 Å². The van der Waals surface area contributed by atoms with Gasteiger partial charge in [-0.3, -0.25) is 4.40 Å². The van der Waals surface area contributed by atoms with E-state index >= 15 is 0 Å². The van der Waals surface area contributed by atoms with E-state index in [4.69, 9.17) is 9.72 Å². The molecule has 9 nitrogen and oxygen atoms in total. The minimum atomic E-state index is -0.617. The van der Waals surface area contributed by atoms with Gasteiger partial charge < -0.3 is 10.1 Å². The molecule has 1 atom stereocenters. The van der Waals surface area contributed by atoms with Gasteiger partial charge in [0.2, 0.25) is 0 Å². The van der Waals surface area contributed by atoms with Crippen LogP contribution in [0.15, 0.2) is 66.9 Å². The summed E-state index contributed by atoms with van der Waals surface area (Å²) in [7, 11) is 0. The van der Waals surface area contributed by atoms with Crippen LogP contribution in [0.3, 0.4) is 0 Å². The molecule has 210 valence electrons. The number of benzene rings is 2. The van der Waals surface area contributed by atoms with Crippen LogP contribution >= 0.6 is 0 Å². The molecule has 6 rings (SSSR count). The molecule has 1 fully saturated rings. The van der Waals surface area contributed by atoms with Crippen molar-refractivity contribution in [2.75, 3.05) is 0 Å². The highest BCUT2D eigenvalue weighted by Crippen LogP contribution is 2.33. The summed E-state index contributed by atoms with van der Waals surface area (Å²) in [6.07, 6.45) is 8.44. The predicted molar refractivity (Wildman–Crippen MR) is 157 cm³/mol. The fourth-order valence-corrected chi connectivity index (χ4v) is 5.77. The van der Waals surface area contributed by atoms with Gasteiger partial charge in [-0.05, 0) is 64.9 Å². The number of fused-ring (bicyclic) bond motifs is 1. The monoisotopic (exact) mass is 549 g/mol. The molecule has 2 aromatic carbocycles. The number of aromatic nitrogens is 6. The third-order valence-corrected chi connectivity index (χ3v) is 7.87. The summed E-state index contributed by atoms with van der Waals surface area (Å²) in [6, 6.07) is 20.4. The van der Waals surface area contributed by atoms with Gasteiger partial charge in [0, 0.05) is 17.8 Å². The van der Waals surface area contributed by atoms with Crippen LogP contribution < -0.4 is 5.32 Å². The summed E-state index contributed by atoms with van der Waals surface area (Å²) in [5.74, 6) is 0.607. The molecule has 1 aliphatic rings. The summed E-state index contributed by atoms with van der Waals surface area (Å²) in [6.45, 7) is 4.21. The number of carbonyl (C=O) groups excluding carboxylic acids is 1.